The van der Waals surface area contributed by atoms with Crippen LogP contribution in [0.4, 0.5) is 8.78 Å². The van der Waals surface area contributed by atoms with Crippen LogP contribution >= 0.6 is 0 Å². The van der Waals surface area contributed by atoms with Gasteiger partial charge in [0.2, 0.25) is 5.91 Å². The highest BCUT2D eigenvalue weighted by Gasteiger charge is 2.36. The van der Waals surface area contributed by atoms with Gasteiger partial charge in [0, 0.05) is 24.4 Å². The first kappa shape index (κ1) is 19.3. The van der Waals surface area contributed by atoms with E-state index in [9.17, 15) is 13.6 Å². The molecule has 0 saturated heterocycles. The van der Waals surface area contributed by atoms with E-state index in [2.05, 4.69) is 4.98 Å². The van der Waals surface area contributed by atoms with E-state index in [0.29, 0.717) is 29.2 Å². The summed E-state index contributed by atoms with van der Waals surface area (Å²) >= 11 is 0. The second-order valence-electron chi connectivity index (χ2n) is 7.33. The summed E-state index contributed by atoms with van der Waals surface area (Å²) in [7, 11) is 0. The molecule has 1 aromatic heterocycles. The number of oxazole rings is 1. The molecule has 1 unspecified atom stereocenters. The molecule has 3 aromatic rings. The van der Waals surface area contributed by atoms with Gasteiger partial charge in [0.1, 0.15) is 11.6 Å². The van der Waals surface area contributed by atoms with Gasteiger partial charge < -0.3 is 9.32 Å². The predicted octanol–water partition coefficient (Wildman–Crippen LogP) is 5.30. The summed E-state index contributed by atoms with van der Waals surface area (Å²) in [6.45, 7) is 1.86. The molecule has 1 saturated carbocycles. The second-order valence-corrected chi connectivity index (χ2v) is 7.33. The van der Waals surface area contributed by atoms with Crippen molar-refractivity contribution in [3.8, 4) is 11.3 Å². The molecule has 2 aromatic carbocycles. The van der Waals surface area contributed by atoms with E-state index < -0.39 is 0 Å². The van der Waals surface area contributed by atoms with E-state index in [1.54, 1.807) is 41.3 Å². The van der Waals surface area contributed by atoms with Crippen LogP contribution in [-0.2, 0) is 11.2 Å². The van der Waals surface area contributed by atoms with Crippen LogP contribution in [0.3, 0.4) is 0 Å². The van der Waals surface area contributed by atoms with Crippen molar-refractivity contribution in [1.82, 2.24) is 9.88 Å². The monoisotopic (exact) mass is 396 g/mol. The maximum atomic E-state index is 14.2. The zero-order valence-electron chi connectivity index (χ0n) is 16.1. The molecule has 1 atom stereocenters. The minimum atomic E-state index is -0.384. The summed E-state index contributed by atoms with van der Waals surface area (Å²) < 4.78 is 33.7. The Balaban J connectivity index is 1.44. The molecular formula is C23H22F2N2O2. The average molecular weight is 396 g/mol. The summed E-state index contributed by atoms with van der Waals surface area (Å²) in [6, 6.07) is 12.7. The van der Waals surface area contributed by atoms with Gasteiger partial charge in [-0.25, -0.2) is 13.8 Å². The van der Waals surface area contributed by atoms with Crippen LogP contribution in [0.25, 0.3) is 11.3 Å². The van der Waals surface area contributed by atoms with Gasteiger partial charge in [-0.15, -0.1) is 0 Å². The summed E-state index contributed by atoms with van der Waals surface area (Å²) in [5.41, 5.74) is 0.857. The van der Waals surface area contributed by atoms with Gasteiger partial charge in [0.05, 0.1) is 17.8 Å². The van der Waals surface area contributed by atoms with E-state index in [1.807, 2.05) is 6.92 Å². The Morgan fingerprint density at radius 3 is 2.52 bits per heavy atom. The maximum absolute atomic E-state index is 14.2. The van der Waals surface area contributed by atoms with Crippen molar-refractivity contribution in [2.45, 2.75) is 44.7 Å². The fraction of sp³-hybridized carbons (Fsp3) is 0.304. The lowest BCUT2D eigenvalue weighted by molar-refractivity contribution is -0.134. The number of benzene rings is 2. The van der Waals surface area contributed by atoms with Crippen LogP contribution in [0, 0.1) is 11.6 Å². The largest absolute Gasteiger partial charge is 0.441 e. The number of hydrogen-bond donors (Lipinski definition) is 0. The summed E-state index contributed by atoms with van der Waals surface area (Å²) in [5, 5.41) is 0. The van der Waals surface area contributed by atoms with Gasteiger partial charge in [-0.3, -0.25) is 4.79 Å². The topological polar surface area (TPSA) is 46.3 Å². The van der Waals surface area contributed by atoms with Gasteiger partial charge in [-0.05, 0) is 38.0 Å². The molecule has 4 rings (SSSR count). The average Bonchev–Trinajstić information content (AvgIpc) is 3.43. The molecule has 1 heterocycles. The van der Waals surface area contributed by atoms with Gasteiger partial charge in [-0.2, -0.15) is 0 Å². The normalized spacial score (nSPS) is 14.6. The van der Waals surface area contributed by atoms with Crippen molar-refractivity contribution >= 4 is 5.91 Å². The molecule has 0 spiro atoms. The highest BCUT2D eigenvalue weighted by atomic mass is 19.1. The molecule has 4 nitrogen and oxygen atoms in total. The van der Waals surface area contributed by atoms with Crippen LogP contribution in [0.2, 0.25) is 0 Å². The first-order valence-electron chi connectivity index (χ1n) is 9.80. The van der Waals surface area contributed by atoms with Crippen molar-refractivity contribution in [2.75, 3.05) is 0 Å². The molecule has 0 N–H and O–H groups in total. The van der Waals surface area contributed by atoms with E-state index in [-0.39, 0.29) is 36.0 Å². The molecule has 0 radical (unpaired) electrons. The Morgan fingerprint density at radius 2 is 1.83 bits per heavy atom. The molecule has 1 aliphatic rings. The first-order chi connectivity index (χ1) is 14.0. The lowest BCUT2D eigenvalue weighted by Gasteiger charge is -2.30. The summed E-state index contributed by atoms with van der Waals surface area (Å²) in [5.74, 6) is -0.0327. The van der Waals surface area contributed by atoms with Crippen LogP contribution in [0.1, 0.15) is 43.7 Å². The SMILES string of the molecule is CC(c1ccccc1F)N(C(=O)CCc1ncc(-c2ccccc2F)o1)C1CC1. The third-order valence-corrected chi connectivity index (χ3v) is 5.25. The maximum Gasteiger partial charge on any atom is 0.223 e. The lowest BCUT2D eigenvalue weighted by Crippen LogP contribution is -2.36. The number of nitrogens with zero attached hydrogens (tertiary/aromatic N) is 2. The molecule has 1 fully saturated rings. The minimum absolute atomic E-state index is 0.0612. The fourth-order valence-corrected chi connectivity index (χ4v) is 3.61. The molecule has 1 amide bonds. The molecule has 0 aliphatic heterocycles. The van der Waals surface area contributed by atoms with Crippen molar-refractivity contribution in [2.24, 2.45) is 0 Å². The fourth-order valence-electron chi connectivity index (χ4n) is 3.61. The molecule has 1 aliphatic carbocycles. The zero-order valence-corrected chi connectivity index (χ0v) is 16.1. The third kappa shape index (κ3) is 4.21. The predicted molar refractivity (Wildman–Crippen MR) is 105 cm³/mol. The Kier molecular flexibility index (Phi) is 5.43. The quantitative estimate of drug-likeness (QED) is 0.544. The van der Waals surface area contributed by atoms with Crippen molar-refractivity contribution in [1.29, 1.82) is 0 Å². The van der Waals surface area contributed by atoms with Crippen molar-refractivity contribution in [3.05, 3.63) is 77.8 Å². The number of amides is 1. The summed E-state index contributed by atoms with van der Waals surface area (Å²) in [4.78, 5) is 18.9. The Labute approximate surface area is 168 Å². The van der Waals surface area contributed by atoms with Gasteiger partial charge >= 0.3 is 0 Å². The number of carbonyl (C=O) groups is 1. The van der Waals surface area contributed by atoms with E-state index >= 15 is 0 Å². The Bertz CT molecular complexity index is 1010. The standard InChI is InChI=1S/C23H22F2N2O2/c1-15(17-6-2-4-8-19(17)24)27(16-10-11-16)23(28)13-12-22-26-14-21(29-22)18-7-3-5-9-20(18)25/h2-9,14-16H,10-13H2,1H3. The van der Waals surface area contributed by atoms with Gasteiger partial charge in [0.15, 0.2) is 11.7 Å². The van der Waals surface area contributed by atoms with Gasteiger partial charge in [0.25, 0.3) is 0 Å². The second kappa shape index (κ2) is 8.15. The van der Waals surface area contributed by atoms with E-state index in [4.69, 9.17) is 4.42 Å². The van der Waals surface area contributed by atoms with Gasteiger partial charge in [-0.1, -0.05) is 30.3 Å². The van der Waals surface area contributed by atoms with Crippen LogP contribution in [0.5, 0.6) is 0 Å². The Morgan fingerprint density at radius 1 is 1.14 bits per heavy atom. The Hall–Kier alpha value is -3.02. The number of aromatic nitrogens is 1. The molecule has 0 bridgehead atoms. The number of rotatable bonds is 7. The lowest BCUT2D eigenvalue weighted by atomic mass is 10.1. The first-order valence-corrected chi connectivity index (χ1v) is 9.80. The minimum Gasteiger partial charge on any atom is -0.441 e. The number of halogens is 2. The van der Waals surface area contributed by atoms with Crippen LogP contribution in [-0.4, -0.2) is 21.8 Å². The number of hydrogen-bond acceptors (Lipinski definition) is 3. The molecule has 6 heteroatoms. The smallest absolute Gasteiger partial charge is 0.223 e. The van der Waals surface area contributed by atoms with E-state index in [1.165, 1.54) is 18.3 Å². The van der Waals surface area contributed by atoms with Crippen molar-refractivity contribution < 1.29 is 18.0 Å². The summed E-state index contributed by atoms with van der Waals surface area (Å²) in [6.07, 6.45) is 3.84. The number of aryl methyl sites for hydroxylation is 1. The number of carbonyl (C=O) groups excluding carboxylic acids is 1. The van der Waals surface area contributed by atoms with Crippen LogP contribution in [0.15, 0.2) is 59.1 Å². The highest BCUT2D eigenvalue weighted by Crippen LogP contribution is 2.36. The highest BCUT2D eigenvalue weighted by molar-refractivity contribution is 5.77. The van der Waals surface area contributed by atoms with Crippen molar-refractivity contribution in [3.63, 3.8) is 0 Å². The molecular weight excluding hydrogens is 374 g/mol. The molecule has 150 valence electrons. The van der Waals surface area contributed by atoms with E-state index in [0.717, 1.165) is 12.8 Å². The zero-order chi connectivity index (χ0) is 20.4. The van der Waals surface area contributed by atoms with Crippen LogP contribution < -0.4 is 0 Å². The third-order valence-electron chi connectivity index (χ3n) is 5.25. The molecule has 29 heavy (non-hydrogen) atoms.